The Morgan fingerprint density at radius 3 is 2.76 bits per heavy atom. The number of pyridine rings is 1. The van der Waals surface area contributed by atoms with Crippen LogP contribution in [0.5, 0.6) is 11.6 Å². The third kappa shape index (κ3) is 7.15. The molecule has 1 unspecified atom stereocenters. The zero-order chi connectivity index (χ0) is 19.3. The molecule has 10 heteroatoms. The molecule has 7 nitrogen and oxygen atoms in total. The van der Waals surface area contributed by atoms with Crippen LogP contribution in [0.3, 0.4) is 0 Å². The van der Waals surface area contributed by atoms with Gasteiger partial charge < -0.3 is 15.4 Å². The molecule has 29 heavy (non-hydrogen) atoms. The lowest BCUT2D eigenvalue weighted by Gasteiger charge is -2.22. The summed E-state index contributed by atoms with van der Waals surface area (Å²) in [6.07, 6.45) is 4.61. The van der Waals surface area contributed by atoms with Gasteiger partial charge in [0, 0.05) is 31.1 Å². The Morgan fingerprint density at radius 2 is 2.07 bits per heavy atom. The fourth-order valence-corrected chi connectivity index (χ4v) is 3.59. The van der Waals surface area contributed by atoms with Crippen LogP contribution in [0.4, 0.5) is 0 Å². The summed E-state index contributed by atoms with van der Waals surface area (Å²) in [4.78, 5) is 16.7. The van der Waals surface area contributed by atoms with Crippen LogP contribution in [0.15, 0.2) is 47.5 Å². The monoisotopic (exact) mass is 461 g/mol. The van der Waals surface area contributed by atoms with E-state index >= 15 is 0 Å². The first kappa shape index (κ1) is 25.2. The Bertz CT molecular complexity index is 919. The maximum Gasteiger partial charge on any atom is 0.224 e. The van der Waals surface area contributed by atoms with Gasteiger partial charge in [0.15, 0.2) is 9.84 Å². The number of piperidine rings is 1. The molecule has 2 heterocycles. The highest BCUT2D eigenvalue weighted by Gasteiger charge is 2.21. The minimum atomic E-state index is -3.32. The van der Waals surface area contributed by atoms with Crippen molar-refractivity contribution in [2.75, 3.05) is 19.3 Å². The van der Waals surface area contributed by atoms with Crippen LogP contribution in [0.1, 0.15) is 18.4 Å². The molecule has 1 fully saturated rings. The molecule has 1 atom stereocenters. The predicted molar refractivity (Wildman–Crippen MR) is 116 cm³/mol. The molecule has 0 radical (unpaired) electrons. The van der Waals surface area contributed by atoms with Crippen molar-refractivity contribution < 1.29 is 17.9 Å². The van der Waals surface area contributed by atoms with E-state index in [-0.39, 0.29) is 41.5 Å². The van der Waals surface area contributed by atoms with Gasteiger partial charge in [-0.3, -0.25) is 4.79 Å². The van der Waals surface area contributed by atoms with Gasteiger partial charge in [-0.2, -0.15) is 0 Å². The molecule has 2 aromatic rings. The molecular weight excluding hydrogens is 437 g/mol. The van der Waals surface area contributed by atoms with E-state index < -0.39 is 9.84 Å². The van der Waals surface area contributed by atoms with Gasteiger partial charge >= 0.3 is 0 Å². The average Bonchev–Trinajstić information content (AvgIpc) is 2.67. The van der Waals surface area contributed by atoms with Gasteiger partial charge in [-0.1, -0.05) is 12.1 Å². The first-order valence-electron chi connectivity index (χ1n) is 8.84. The maximum absolute atomic E-state index is 12.3. The highest BCUT2D eigenvalue weighted by molar-refractivity contribution is 7.90. The number of carbonyl (C=O) groups excluding carboxylic acids is 1. The molecule has 1 aromatic carbocycles. The minimum Gasteiger partial charge on any atom is -0.439 e. The smallest absolute Gasteiger partial charge is 0.224 e. The molecule has 1 aromatic heterocycles. The van der Waals surface area contributed by atoms with Crippen LogP contribution in [0, 0.1) is 5.92 Å². The van der Waals surface area contributed by atoms with Crippen LogP contribution >= 0.6 is 24.8 Å². The van der Waals surface area contributed by atoms with Crippen LogP contribution < -0.4 is 15.4 Å². The van der Waals surface area contributed by atoms with Gasteiger partial charge in [-0.05, 0) is 43.7 Å². The zero-order valence-corrected chi connectivity index (χ0v) is 18.4. The molecule has 1 aliphatic heterocycles. The van der Waals surface area contributed by atoms with Gasteiger partial charge in [-0.25, -0.2) is 13.4 Å². The van der Waals surface area contributed by atoms with Crippen molar-refractivity contribution >= 4 is 40.6 Å². The van der Waals surface area contributed by atoms with E-state index in [4.69, 9.17) is 4.74 Å². The number of nitrogens with zero attached hydrogens (tertiary/aromatic N) is 1. The van der Waals surface area contributed by atoms with E-state index in [1.54, 1.807) is 24.4 Å². The summed E-state index contributed by atoms with van der Waals surface area (Å²) < 4.78 is 29.2. The SMILES string of the molecule is CS(=O)(=O)c1cccc(Oc2ncccc2CNC(=O)C2CCCNC2)c1.Cl.Cl. The number of rotatable bonds is 6. The standard InChI is InChI=1S/C19H23N3O4S.2ClH/c1-27(24,25)17-8-2-7-16(11-17)26-19-15(6-4-10-21-19)13-22-18(23)14-5-3-9-20-12-14;;/h2,4,6-8,10-11,14,20H,3,5,9,12-13H2,1H3,(H,22,23);2*1H. The number of halogens is 2. The molecule has 1 amide bonds. The van der Waals surface area contributed by atoms with E-state index in [0.29, 0.717) is 24.7 Å². The van der Waals surface area contributed by atoms with E-state index in [2.05, 4.69) is 15.6 Å². The third-order valence-electron chi connectivity index (χ3n) is 4.42. The molecule has 0 aliphatic carbocycles. The Balaban J connectivity index is 0.00000210. The van der Waals surface area contributed by atoms with Gasteiger partial charge in [0.1, 0.15) is 5.75 Å². The van der Waals surface area contributed by atoms with E-state index in [1.165, 1.54) is 12.1 Å². The second-order valence-corrected chi connectivity index (χ2v) is 8.59. The van der Waals surface area contributed by atoms with Crippen molar-refractivity contribution in [1.82, 2.24) is 15.6 Å². The lowest BCUT2D eigenvalue weighted by molar-refractivity contribution is -0.125. The van der Waals surface area contributed by atoms with E-state index in [1.807, 2.05) is 6.07 Å². The lowest BCUT2D eigenvalue weighted by atomic mass is 9.99. The van der Waals surface area contributed by atoms with Crippen LogP contribution in [-0.2, 0) is 21.2 Å². The van der Waals surface area contributed by atoms with E-state index in [9.17, 15) is 13.2 Å². The lowest BCUT2D eigenvalue weighted by Crippen LogP contribution is -2.40. The largest absolute Gasteiger partial charge is 0.439 e. The van der Waals surface area contributed by atoms with Crippen molar-refractivity contribution in [3.8, 4) is 11.6 Å². The highest BCUT2D eigenvalue weighted by atomic mass is 35.5. The van der Waals surface area contributed by atoms with Crippen molar-refractivity contribution in [3.63, 3.8) is 0 Å². The number of carbonyl (C=O) groups is 1. The minimum absolute atomic E-state index is 0. The molecule has 1 aliphatic rings. The van der Waals surface area contributed by atoms with Crippen LogP contribution in [0.25, 0.3) is 0 Å². The molecule has 0 bridgehead atoms. The van der Waals surface area contributed by atoms with Crippen molar-refractivity contribution in [2.24, 2.45) is 5.92 Å². The predicted octanol–water partition coefficient (Wildman–Crippen LogP) is 2.74. The van der Waals surface area contributed by atoms with Crippen molar-refractivity contribution in [3.05, 3.63) is 48.2 Å². The van der Waals surface area contributed by atoms with Gasteiger partial charge in [0.2, 0.25) is 11.8 Å². The van der Waals surface area contributed by atoms with Gasteiger partial charge in [0.25, 0.3) is 0 Å². The topological polar surface area (TPSA) is 97.4 Å². The quantitative estimate of drug-likeness (QED) is 0.685. The molecule has 1 saturated heterocycles. The Hall–Kier alpha value is -1.87. The molecule has 0 spiro atoms. The fraction of sp³-hybridized carbons (Fsp3) is 0.368. The Labute approximate surface area is 183 Å². The number of hydrogen-bond donors (Lipinski definition) is 2. The van der Waals surface area contributed by atoms with Crippen molar-refractivity contribution in [2.45, 2.75) is 24.3 Å². The number of nitrogens with one attached hydrogen (secondary N) is 2. The summed E-state index contributed by atoms with van der Waals surface area (Å²) in [7, 11) is -3.32. The summed E-state index contributed by atoms with van der Waals surface area (Å²) >= 11 is 0. The van der Waals surface area contributed by atoms with Crippen molar-refractivity contribution in [1.29, 1.82) is 0 Å². The first-order valence-corrected chi connectivity index (χ1v) is 10.7. The fourth-order valence-electron chi connectivity index (χ4n) is 2.93. The van der Waals surface area contributed by atoms with Gasteiger partial charge in [-0.15, -0.1) is 24.8 Å². The summed E-state index contributed by atoms with van der Waals surface area (Å²) in [5.41, 5.74) is 0.722. The Kier molecular flexibility index (Phi) is 9.85. The second kappa shape index (κ2) is 11.3. The highest BCUT2D eigenvalue weighted by Crippen LogP contribution is 2.25. The number of hydrogen-bond acceptors (Lipinski definition) is 6. The molecule has 3 rings (SSSR count). The molecule has 160 valence electrons. The van der Waals surface area contributed by atoms with Crippen LogP contribution in [0.2, 0.25) is 0 Å². The second-order valence-electron chi connectivity index (χ2n) is 6.58. The number of amides is 1. The maximum atomic E-state index is 12.3. The molecule has 0 saturated carbocycles. The normalized spacial score (nSPS) is 16.1. The number of sulfone groups is 1. The summed E-state index contributed by atoms with van der Waals surface area (Å²) in [5.74, 6) is 0.702. The summed E-state index contributed by atoms with van der Waals surface area (Å²) in [6.45, 7) is 1.95. The molecular formula is C19H25Cl2N3O4S. The van der Waals surface area contributed by atoms with Gasteiger partial charge in [0.05, 0.1) is 10.8 Å². The van der Waals surface area contributed by atoms with E-state index in [0.717, 1.165) is 31.2 Å². The zero-order valence-electron chi connectivity index (χ0n) is 16.0. The number of aromatic nitrogens is 1. The Morgan fingerprint density at radius 1 is 1.28 bits per heavy atom. The summed E-state index contributed by atoms with van der Waals surface area (Å²) in [6, 6.07) is 9.84. The molecule has 2 N–H and O–H groups in total. The number of benzene rings is 1. The number of ether oxygens (including phenoxy) is 1. The third-order valence-corrected chi connectivity index (χ3v) is 5.53. The first-order chi connectivity index (χ1) is 12.9. The van der Waals surface area contributed by atoms with Crippen LogP contribution in [-0.4, -0.2) is 38.7 Å². The average molecular weight is 462 g/mol. The summed E-state index contributed by atoms with van der Waals surface area (Å²) in [5, 5.41) is 6.16.